The molecule has 3 heterocycles. The summed E-state index contributed by atoms with van der Waals surface area (Å²) in [5.41, 5.74) is 1.84. The van der Waals surface area contributed by atoms with Gasteiger partial charge in [0.2, 0.25) is 0 Å². The number of aromatic nitrogens is 1. The van der Waals surface area contributed by atoms with E-state index in [2.05, 4.69) is 15.6 Å². The van der Waals surface area contributed by atoms with E-state index in [-0.39, 0.29) is 0 Å². The third-order valence-corrected chi connectivity index (χ3v) is 3.63. The van der Waals surface area contributed by atoms with Gasteiger partial charge in [-0.2, -0.15) is 0 Å². The quantitative estimate of drug-likeness (QED) is 0.668. The van der Waals surface area contributed by atoms with Crippen molar-refractivity contribution in [3.8, 4) is 0 Å². The summed E-state index contributed by atoms with van der Waals surface area (Å²) in [6, 6.07) is 5.66. The Bertz CT molecular complexity index is 509. The molecule has 0 fully saturated rings. The molecule has 0 amide bonds. The first-order chi connectivity index (χ1) is 7.34. The van der Waals surface area contributed by atoms with E-state index < -0.39 is 10.8 Å². The van der Waals surface area contributed by atoms with E-state index in [4.69, 9.17) is 0 Å². The summed E-state index contributed by atoms with van der Waals surface area (Å²) < 4.78 is 11.6. The maximum absolute atomic E-state index is 11.6. The van der Waals surface area contributed by atoms with Crippen molar-refractivity contribution in [2.45, 2.75) is 6.54 Å². The van der Waals surface area contributed by atoms with Crippen molar-refractivity contribution >= 4 is 27.9 Å². The lowest BCUT2D eigenvalue weighted by Crippen LogP contribution is -1.97. The highest BCUT2D eigenvalue weighted by Gasteiger charge is 2.19. The number of thiophene rings is 1. The molecule has 0 spiro atoms. The standard InChI is InChI=1S/C10H9N3OS/c14-15-5-3-7-9(15)6-12-8-2-1-4-11-10(8)13-7/h1-5,12H,6H2,(H,11,13). The number of nitrogens with zero attached hydrogens (tertiary/aromatic N) is 1. The van der Waals surface area contributed by atoms with Crippen LogP contribution in [0.1, 0.15) is 4.88 Å². The van der Waals surface area contributed by atoms with Gasteiger partial charge in [0.25, 0.3) is 0 Å². The van der Waals surface area contributed by atoms with Gasteiger partial charge in [-0.05, 0) is 22.9 Å². The summed E-state index contributed by atoms with van der Waals surface area (Å²) in [5.74, 6) is 0.783. The van der Waals surface area contributed by atoms with Crippen LogP contribution in [0.2, 0.25) is 0 Å². The zero-order valence-electron chi connectivity index (χ0n) is 7.86. The predicted molar refractivity (Wildman–Crippen MR) is 59.9 cm³/mol. The van der Waals surface area contributed by atoms with Crippen molar-refractivity contribution in [2.75, 3.05) is 10.6 Å². The number of fused-ring (bicyclic) bond motifs is 2. The fraction of sp³-hybridized carbons (Fsp3) is 0.100. The third kappa shape index (κ3) is 1.36. The first kappa shape index (κ1) is 8.70. The Morgan fingerprint density at radius 3 is 3.20 bits per heavy atom. The van der Waals surface area contributed by atoms with Crippen molar-refractivity contribution in [2.24, 2.45) is 0 Å². The van der Waals surface area contributed by atoms with Gasteiger partial charge in [-0.25, -0.2) is 4.98 Å². The Morgan fingerprint density at radius 1 is 1.33 bits per heavy atom. The summed E-state index contributed by atoms with van der Waals surface area (Å²) in [6.07, 6.45) is 1.73. The molecular formula is C10H9N3OS. The van der Waals surface area contributed by atoms with Gasteiger partial charge < -0.3 is 15.2 Å². The van der Waals surface area contributed by atoms with Crippen molar-refractivity contribution in [1.29, 1.82) is 0 Å². The molecule has 2 N–H and O–H groups in total. The lowest BCUT2D eigenvalue weighted by atomic mass is 10.4. The summed E-state index contributed by atoms with van der Waals surface area (Å²) >= 11 is 0. The molecule has 2 aromatic heterocycles. The first-order valence-corrected chi connectivity index (χ1v) is 5.84. The second-order valence-electron chi connectivity index (χ2n) is 3.32. The van der Waals surface area contributed by atoms with E-state index in [0.29, 0.717) is 6.54 Å². The number of rotatable bonds is 0. The molecule has 3 rings (SSSR count). The number of hydrogen-bond acceptors (Lipinski definition) is 4. The van der Waals surface area contributed by atoms with Crippen LogP contribution in [0, 0.1) is 0 Å². The van der Waals surface area contributed by atoms with E-state index in [1.165, 1.54) is 0 Å². The monoisotopic (exact) mass is 219 g/mol. The Morgan fingerprint density at radius 2 is 2.27 bits per heavy atom. The fourth-order valence-corrected chi connectivity index (χ4v) is 2.62. The molecule has 2 aromatic rings. The van der Waals surface area contributed by atoms with Crippen molar-refractivity contribution in [1.82, 2.24) is 4.98 Å². The smallest absolute Gasteiger partial charge is 0.191 e. The van der Waals surface area contributed by atoms with Crippen LogP contribution in [0.5, 0.6) is 0 Å². The molecule has 0 saturated carbocycles. The molecule has 0 bridgehead atoms. The lowest BCUT2D eigenvalue weighted by Gasteiger charge is -2.04. The largest absolute Gasteiger partial charge is 0.590 e. The normalized spacial score (nSPS) is 14.3. The molecule has 1 aliphatic heterocycles. The Kier molecular flexibility index (Phi) is 1.87. The Hall–Kier alpha value is -1.59. The van der Waals surface area contributed by atoms with Crippen molar-refractivity contribution < 1.29 is 4.55 Å². The van der Waals surface area contributed by atoms with Gasteiger partial charge in [0, 0.05) is 12.3 Å². The molecule has 1 unspecified atom stereocenters. The average molecular weight is 219 g/mol. The zero-order chi connectivity index (χ0) is 10.3. The summed E-state index contributed by atoms with van der Waals surface area (Å²) in [6.45, 7) is 0.598. The minimum atomic E-state index is -0.992. The Balaban J connectivity index is 2.10. The van der Waals surface area contributed by atoms with Gasteiger partial charge in [0.05, 0.1) is 12.2 Å². The van der Waals surface area contributed by atoms with Crippen LogP contribution in [-0.4, -0.2) is 9.54 Å². The van der Waals surface area contributed by atoms with E-state index in [9.17, 15) is 4.55 Å². The predicted octanol–water partition coefficient (Wildman–Crippen LogP) is 2.48. The number of nitrogens with one attached hydrogen (secondary N) is 2. The summed E-state index contributed by atoms with van der Waals surface area (Å²) in [5, 5.41) is 8.08. The topological polar surface area (TPSA) is 60.0 Å². The maximum atomic E-state index is 11.6. The van der Waals surface area contributed by atoms with E-state index >= 15 is 0 Å². The van der Waals surface area contributed by atoms with Crippen molar-refractivity contribution in [3.05, 3.63) is 34.7 Å². The lowest BCUT2D eigenvalue weighted by molar-refractivity contribution is 0.596. The molecule has 0 aliphatic carbocycles. The second kappa shape index (κ2) is 3.22. The number of hydrogen-bond donors (Lipinski definition) is 2. The van der Waals surface area contributed by atoms with Gasteiger partial charge in [-0.3, -0.25) is 0 Å². The van der Waals surface area contributed by atoms with Crippen LogP contribution in [0.4, 0.5) is 17.2 Å². The third-order valence-electron chi connectivity index (χ3n) is 2.40. The van der Waals surface area contributed by atoms with Crippen LogP contribution in [0.3, 0.4) is 0 Å². The molecule has 76 valence electrons. The van der Waals surface area contributed by atoms with Crippen LogP contribution < -0.4 is 10.6 Å². The van der Waals surface area contributed by atoms with E-state index in [1.54, 1.807) is 11.6 Å². The van der Waals surface area contributed by atoms with Crippen LogP contribution >= 0.6 is 10.8 Å². The Labute approximate surface area is 89.8 Å². The molecule has 1 aliphatic rings. The van der Waals surface area contributed by atoms with Gasteiger partial charge in [0.15, 0.2) is 10.7 Å². The second-order valence-corrected chi connectivity index (χ2v) is 4.67. The van der Waals surface area contributed by atoms with Gasteiger partial charge >= 0.3 is 0 Å². The summed E-state index contributed by atoms with van der Waals surface area (Å²) in [7, 11) is -0.992. The number of anilines is 3. The highest BCUT2D eigenvalue weighted by atomic mass is 32.2. The van der Waals surface area contributed by atoms with Gasteiger partial charge in [0.1, 0.15) is 11.1 Å². The SMILES string of the molecule is [O-][s+]1ccc2c1CNc1cccnc1N2. The molecule has 5 heteroatoms. The molecule has 0 saturated heterocycles. The molecule has 1 atom stereocenters. The van der Waals surface area contributed by atoms with Crippen molar-refractivity contribution in [3.63, 3.8) is 0 Å². The molecule has 4 nitrogen and oxygen atoms in total. The first-order valence-electron chi connectivity index (χ1n) is 4.62. The van der Waals surface area contributed by atoms with E-state index in [1.807, 2.05) is 18.2 Å². The maximum Gasteiger partial charge on any atom is 0.191 e. The van der Waals surface area contributed by atoms with Crippen LogP contribution in [0.15, 0.2) is 29.8 Å². The average Bonchev–Trinajstić information content (AvgIpc) is 2.51. The van der Waals surface area contributed by atoms with Crippen LogP contribution in [0.25, 0.3) is 0 Å². The number of pyridine rings is 1. The molecule has 0 radical (unpaired) electrons. The van der Waals surface area contributed by atoms with Gasteiger partial charge in [-0.15, -0.1) is 0 Å². The highest BCUT2D eigenvalue weighted by molar-refractivity contribution is 7.24. The molecule has 0 aromatic carbocycles. The highest BCUT2D eigenvalue weighted by Crippen LogP contribution is 2.36. The molecular weight excluding hydrogens is 210 g/mol. The fourth-order valence-electron chi connectivity index (χ4n) is 1.64. The van der Waals surface area contributed by atoms with E-state index in [0.717, 1.165) is 22.1 Å². The zero-order valence-corrected chi connectivity index (χ0v) is 8.67. The van der Waals surface area contributed by atoms with Crippen LogP contribution in [-0.2, 0) is 6.54 Å². The minimum absolute atomic E-state index is 0.598. The summed E-state index contributed by atoms with van der Waals surface area (Å²) in [4.78, 5) is 5.11. The minimum Gasteiger partial charge on any atom is -0.590 e. The molecule has 15 heavy (non-hydrogen) atoms. The van der Waals surface area contributed by atoms with Gasteiger partial charge in [-0.1, -0.05) is 0 Å².